The molecular weight excluding hydrogens is 396 g/mol. The van der Waals surface area contributed by atoms with Gasteiger partial charge in [0.2, 0.25) is 0 Å². The van der Waals surface area contributed by atoms with Crippen LogP contribution >= 0.6 is 11.6 Å². The van der Waals surface area contributed by atoms with E-state index in [-0.39, 0.29) is 0 Å². The third-order valence-corrected chi connectivity index (χ3v) is 4.81. The number of carbonyl (C=O) groups is 2. The predicted molar refractivity (Wildman–Crippen MR) is 110 cm³/mol. The Balaban J connectivity index is 0.000000438. The first-order valence-corrected chi connectivity index (χ1v) is 9.54. The Morgan fingerprint density at radius 2 is 1.41 bits per heavy atom. The molecule has 0 amide bonds. The number of hydrogen-bond acceptors (Lipinski definition) is 5. The quantitative estimate of drug-likeness (QED) is 0.719. The molecule has 0 atom stereocenters. The molecule has 0 unspecified atom stereocenters. The van der Waals surface area contributed by atoms with E-state index in [0.29, 0.717) is 0 Å². The van der Waals surface area contributed by atoms with Gasteiger partial charge in [0, 0.05) is 49.9 Å². The van der Waals surface area contributed by atoms with Crippen molar-refractivity contribution in [2.75, 3.05) is 33.3 Å². The first kappa shape index (κ1) is 22.7. The molecule has 0 radical (unpaired) electrons. The Kier molecular flexibility index (Phi) is 8.92. The number of rotatable bonds is 5. The molecule has 156 valence electrons. The first-order valence-electron chi connectivity index (χ1n) is 9.16. The Labute approximate surface area is 175 Å². The number of benzene rings is 2. The van der Waals surface area contributed by atoms with E-state index in [1.54, 1.807) is 7.11 Å². The zero-order valence-electron chi connectivity index (χ0n) is 16.3. The summed E-state index contributed by atoms with van der Waals surface area (Å²) in [6.45, 7) is 6.32. The van der Waals surface area contributed by atoms with E-state index < -0.39 is 11.9 Å². The highest BCUT2D eigenvalue weighted by Gasteiger charge is 2.18. The summed E-state index contributed by atoms with van der Waals surface area (Å²) in [5, 5.41) is 15.6. The maximum atomic E-state index is 9.10. The van der Waals surface area contributed by atoms with Gasteiger partial charge in [-0.1, -0.05) is 41.9 Å². The van der Waals surface area contributed by atoms with Gasteiger partial charge in [-0.2, -0.15) is 0 Å². The topological polar surface area (TPSA) is 90.3 Å². The average Bonchev–Trinajstić information content (AvgIpc) is 2.72. The second kappa shape index (κ2) is 11.4. The molecular formula is C21H25ClN2O5. The monoisotopic (exact) mass is 420 g/mol. The van der Waals surface area contributed by atoms with Crippen molar-refractivity contribution >= 4 is 23.5 Å². The van der Waals surface area contributed by atoms with Crippen molar-refractivity contribution in [2.45, 2.75) is 13.1 Å². The van der Waals surface area contributed by atoms with Crippen LogP contribution in [0.2, 0.25) is 5.02 Å². The van der Waals surface area contributed by atoms with Crippen LogP contribution in [-0.4, -0.2) is 65.2 Å². The highest BCUT2D eigenvalue weighted by Crippen LogP contribution is 2.20. The summed E-state index contributed by atoms with van der Waals surface area (Å²) in [7, 11) is 1.74. The van der Waals surface area contributed by atoms with E-state index in [4.69, 9.17) is 36.1 Å². The maximum absolute atomic E-state index is 9.10. The molecule has 1 heterocycles. The molecule has 1 saturated heterocycles. The van der Waals surface area contributed by atoms with Crippen molar-refractivity contribution < 1.29 is 24.5 Å². The van der Waals surface area contributed by atoms with Crippen molar-refractivity contribution in [1.29, 1.82) is 0 Å². The lowest BCUT2D eigenvalue weighted by atomic mass is 10.1. The summed E-state index contributed by atoms with van der Waals surface area (Å²) >= 11 is 5.94. The van der Waals surface area contributed by atoms with Gasteiger partial charge in [-0.05, 0) is 23.8 Å². The fourth-order valence-electron chi connectivity index (χ4n) is 3.03. The molecule has 2 aromatic carbocycles. The largest absolute Gasteiger partial charge is 0.496 e. The summed E-state index contributed by atoms with van der Waals surface area (Å²) in [5.74, 6) is -2.67. The molecule has 1 fully saturated rings. The third-order valence-electron chi connectivity index (χ3n) is 4.55. The lowest BCUT2D eigenvalue weighted by Gasteiger charge is -2.35. The van der Waals surface area contributed by atoms with Gasteiger partial charge in [0.05, 0.1) is 7.11 Å². The fraction of sp³-hybridized carbons (Fsp3) is 0.333. The minimum Gasteiger partial charge on any atom is -0.496 e. The zero-order chi connectivity index (χ0) is 21.2. The van der Waals surface area contributed by atoms with Crippen LogP contribution in [0.25, 0.3) is 0 Å². The Hall–Kier alpha value is -2.61. The molecule has 0 saturated carbocycles. The number of methoxy groups -OCH3 is 1. The van der Waals surface area contributed by atoms with Crippen LogP contribution in [0.4, 0.5) is 0 Å². The molecule has 7 nitrogen and oxygen atoms in total. The Morgan fingerprint density at radius 1 is 0.897 bits per heavy atom. The average molecular weight is 421 g/mol. The summed E-state index contributed by atoms with van der Waals surface area (Å²) in [4.78, 5) is 23.2. The van der Waals surface area contributed by atoms with Gasteiger partial charge in [-0.15, -0.1) is 0 Å². The van der Waals surface area contributed by atoms with Crippen molar-refractivity contribution in [2.24, 2.45) is 0 Å². The van der Waals surface area contributed by atoms with Gasteiger partial charge in [0.15, 0.2) is 0 Å². The third kappa shape index (κ3) is 7.73. The van der Waals surface area contributed by atoms with Crippen LogP contribution in [0.3, 0.4) is 0 Å². The summed E-state index contributed by atoms with van der Waals surface area (Å²) in [6.07, 6.45) is 0. The van der Waals surface area contributed by atoms with Crippen LogP contribution in [0.1, 0.15) is 11.1 Å². The van der Waals surface area contributed by atoms with E-state index in [1.165, 1.54) is 11.1 Å². The molecule has 0 aromatic heterocycles. The van der Waals surface area contributed by atoms with Crippen molar-refractivity contribution in [3.05, 3.63) is 64.7 Å². The molecule has 2 aromatic rings. The Morgan fingerprint density at radius 3 is 1.93 bits per heavy atom. The van der Waals surface area contributed by atoms with Gasteiger partial charge >= 0.3 is 11.9 Å². The van der Waals surface area contributed by atoms with Crippen LogP contribution in [-0.2, 0) is 22.7 Å². The molecule has 0 aliphatic carbocycles. The van der Waals surface area contributed by atoms with Gasteiger partial charge in [-0.25, -0.2) is 9.59 Å². The van der Waals surface area contributed by atoms with Gasteiger partial charge in [0.25, 0.3) is 0 Å². The van der Waals surface area contributed by atoms with E-state index >= 15 is 0 Å². The van der Waals surface area contributed by atoms with Crippen LogP contribution in [0.5, 0.6) is 5.75 Å². The second-order valence-corrected chi connectivity index (χ2v) is 7.04. The summed E-state index contributed by atoms with van der Waals surface area (Å²) in [5.41, 5.74) is 2.59. The number of halogens is 1. The van der Waals surface area contributed by atoms with E-state index in [2.05, 4.69) is 34.1 Å². The van der Waals surface area contributed by atoms with Crippen LogP contribution < -0.4 is 4.74 Å². The molecule has 3 rings (SSSR count). The van der Waals surface area contributed by atoms with E-state index in [9.17, 15) is 0 Å². The van der Waals surface area contributed by atoms with E-state index in [1.807, 2.05) is 24.3 Å². The van der Waals surface area contributed by atoms with Crippen LogP contribution in [0, 0.1) is 0 Å². The molecule has 1 aliphatic heterocycles. The maximum Gasteiger partial charge on any atom is 0.414 e. The molecule has 2 N–H and O–H groups in total. The van der Waals surface area contributed by atoms with Crippen molar-refractivity contribution in [1.82, 2.24) is 9.80 Å². The summed E-state index contributed by atoms with van der Waals surface area (Å²) in [6, 6.07) is 16.4. The first-order chi connectivity index (χ1) is 13.9. The lowest BCUT2D eigenvalue weighted by Crippen LogP contribution is -2.45. The highest BCUT2D eigenvalue weighted by atomic mass is 35.5. The molecule has 0 spiro atoms. The zero-order valence-corrected chi connectivity index (χ0v) is 17.0. The number of piperazine rings is 1. The van der Waals surface area contributed by atoms with Crippen molar-refractivity contribution in [3.8, 4) is 5.75 Å². The number of para-hydroxylation sites is 1. The number of carboxylic acid groups (broad SMARTS) is 2. The molecule has 1 aliphatic rings. The lowest BCUT2D eigenvalue weighted by molar-refractivity contribution is -0.159. The molecule has 0 bridgehead atoms. The predicted octanol–water partition coefficient (Wildman–Crippen LogP) is 2.82. The number of nitrogens with zero attached hydrogens (tertiary/aromatic N) is 2. The smallest absolute Gasteiger partial charge is 0.414 e. The normalized spacial score (nSPS) is 14.6. The number of hydrogen-bond donors (Lipinski definition) is 2. The van der Waals surface area contributed by atoms with Crippen LogP contribution in [0.15, 0.2) is 48.5 Å². The van der Waals surface area contributed by atoms with Crippen molar-refractivity contribution in [3.63, 3.8) is 0 Å². The number of carboxylic acids is 2. The standard InChI is InChI=1S/C19H23ClN2O.C2H2O4/c1-23-19-5-3-2-4-17(19)15-22-12-10-21(11-13-22)14-16-6-8-18(20)9-7-16;3-1(4)2(5)6/h2-9H,10-15H2,1H3;(H,3,4)(H,5,6). The SMILES string of the molecule is COc1ccccc1CN1CCN(Cc2ccc(Cl)cc2)CC1.O=C(O)C(=O)O. The van der Waals surface area contributed by atoms with E-state index in [0.717, 1.165) is 50.0 Å². The minimum atomic E-state index is -1.82. The number of aliphatic carboxylic acids is 2. The molecule has 29 heavy (non-hydrogen) atoms. The minimum absolute atomic E-state index is 0.801. The summed E-state index contributed by atoms with van der Waals surface area (Å²) < 4.78 is 5.45. The molecule has 8 heteroatoms. The van der Waals surface area contributed by atoms with Gasteiger partial charge < -0.3 is 14.9 Å². The van der Waals surface area contributed by atoms with Gasteiger partial charge in [0.1, 0.15) is 5.75 Å². The number of ether oxygens (including phenoxy) is 1. The highest BCUT2D eigenvalue weighted by molar-refractivity contribution is 6.30. The Bertz CT molecular complexity index is 793. The van der Waals surface area contributed by atoms with Gasteiger partial charge in [-0.3, -0.25) is 9.80 Å². The fourth-order valence-corrected chi connectivity index (χ4v) is 3.15. The second-order valence-electron chi connectivity index (χ2n) is 6.60.